The van der Waals surface area contributed by atoms with E-state index < -0.39 is 12.1 Å². The number of unbranched alkanes of at least 4 members (excludes halogenated alkanes) is 42. The van der Waals surface area contributed by atoms with Gasteiger partial charge in [0.15, 0.2) is 0 Å². The minimum atomic E-state index is -0.871. The van der Waals surface area contributed by atoms with Crippen LogP contribution in [0.3, 0.4) is 0 Å². The van der Waals surface area contributed by atoms with Crippen LogP contribution >= 0.6 is 0 Å². The van der Waals surface area contributed by atoms with Crippen LogP contribution in [0.2, 0.25) is 0 Å². The van der Waals surface area contributed by atoms with Gasteiger partial charge >= 0.3 is 0 Å². The number of hydrogen-bond donors (Lipinski definition) is 3. The van der Waals surface area contributed by atoms with Gasteiger partial charge in [0.1, 0.15) is 0 Å². The fourth-order valence-corrected chi connectivity index (χ4v) is 9.21. The second-order valence-corrected chi connectivity index (χ2v) is 20.4. The lowest BCUT2D eigenvalue weighted by atomic mass is 10.0. The largest absolute Gasteiger partial charge is 0.394 e. The van der Waals surface area contributed by atoms with Gasteiger partial charge < -0.3 is 15.5 Å². The maximum atomic E-state index is 12.5. The summed E-state index contributed by atoms with van der Waals surface area (Å²) in [5.74, 6) is -0.0737. The monoisotopic (exact) mass is 924 g/mol. The van der Waals surface area contributed by atoms with Crippen LogP contribution in [0.15, 0.2) is 48.6 Å². The molecule has 0 aliphatic rings. The van der Waals surface area contributed by atoms with Crippen LogP contribution < -0.4 is 5.32 Å². The Bertz CT molecular complexity index is 1050. The average Bonchev–Trinajstić information content (AvgIpc) is 3.32. The molecule has 0 aliphatic heterocycles. The summed E-state index contributed by atoms with van der Waals surface area (Å²) in [5, 5.41) is 23.2. The van der Waals surface area contributed by atoms with Crippen LogP contribution in [0.25, 0.3) is 0 Å². The molecule has 0 fully saturated rings. The van der Waals surface area contributed by atoms with Crippen molar-refractivity contribution in [2.75, 3.05) is 6.61 Å². The predicted molar refractivity (Wildman–Crippen MR) is 295 cm³/mol. The van der Waals surface area contributed by atoms with Crippen molar-refractivity contribution < 1.29 is 15.0 Å². The Morgan fingerprint density at radius 2 is 0.591 bits per heavy atom. The van der Waals surface area contributed by atoms with Crippen molar-refractivity contribution in [1.82, 2.24) is 5.32 Å². The van der Waals surface area contributed by atoms with Gasteiger partial charge in [0, 0.05) is 6.42 Å². The molecule has 0 bridgehead atoms. The van der Waals surface area contributed by atoms with Crippen molar-refractivity contribution in [3.05, 3.63) is 48.6 Å². The van der Waals surface area contributed by atoms with E-state index in [1.165, 1.54) is 263 Å². The highest BCUT2D eigenvalue weighted by Gasteiger charge is 2.18. The molecule has 4 nitrogen and oxygen atoms in total. The van der Waals surface area contributed by atoms with Gasteiger partial charge in [-0.2, -0.15) is 0 Å². The highest BCUT2D eigenvalue weighted by Crippen LogP contribution is 2.17. The zero-order valence-electron chi connectivity index (χ0n) is 44.7. The summed E-state index contributed by atoms with van der Waals surface area (Å²) >= 11 is 0. The molecule has 2 unspecified atom stereocenters. The molecule has 0 saturated carbocycles. The fraction of sp³-hybridized carbons (Fsp3) is 0.855. The van der Waals surface area contributed by atoms with E-state index in [1.54, 1.807) is 6.08 Å². The van der Waals surface area contributed by atoms with Crippen LogP contribution in [0.1, 0.15) is 322 Å². The van der Waals surface area contributed by atoms with Gasteiger partial charge in [0.2, 0.25) is 5.91 Å². The third-order valence-corrected chi connectivity index (χ3v) is 13.8. The Hall–Kier alpha value is -1.65. The number of nitrogens with one attached hydrogen (secondary N) is 1. The maximum absolute atomic E-state index is 12.5. The van der Waals surface area contributed by atoms with E-state index in [-0.39, 0.29) is 12.5 Å². The van der Waals surface area contributed by atoms with E-state index in [0.29, 0.717) is 6.42 Å². The summed E-state index contributed by atoms with van der Waals surface area (Å²) in [6, 6.07) is -0.646. The molecular formula is C62H117NO3. The molecule has 66 heavy (non-hydrogen) atoms. The van der Waals surface area contributed by atoms with E-state index in [2.05, 4.69) is 55.6 Å². The second kappa shape index (κ2) is 57.7. The first-order valence-electron chi connectivity index (χ1n) is 29.9. The zero-order valence-corrected chi connectivity index (χ0v) is 44.7. The molecule has 0 aliphatic carbocycles. The Morgan fingerprint density at radius 3 is 0.879 bits per heavy atom. The first-order valence-corrected chi connectivity index (χ1v) is 29.9. The lowest BCUT2D eigenvalue weighted by Crippen LogP contribution is -2.45. The standard InChI is InChI=1S/C62H117NO3/c1-3-5-7-9-11-13-15-17-19-21-23-25-27-28-29-30-31-32-33-34-36-38-40-42-44-46-48-50-52-54-56-58-62(66)63-60(59-64)61(65)57-55-53-51-49-47-45-43-41-39-37-35-26-24-22-20-18-16-14-12-10-8-6-4-2/h28-29,39,41,47,49,55,57,60-61,64-65H,3-27,30-38,40,42-46,48,50-54,56,58-59H2,1-2H3,(H,63,66)/b29-28-,41-39+,49-47+,57-55+. The number of aliphatic hydroxyl groups excluding tert-OH is 2. The molecule has 1 amide bonds. The lowest BCUT2D eigenvalue weighted by molar-refractivity contribution is -0.123. The highest BCUT2D eigenvalue weighted by molar-refractivity contribution is 5.76. The van der Waals surface area contributed by atoms with Crippen LogP contribution in [0.4, 0.5) is 0 Å². The SMILES string of the molecule is CCCCCCCCCCCCCC/C=C\CCCCCCCCCCCCCCCCCC(=O)NC(CO)C(O)/C=C/CC/C=C/CC/C=C/CCCCCCCCCCCCCCC. The number of aliphatic hydroxyl groups is 2. The second-order valence-electron chi connectivity index (χ2n) is 20.4. The Balaban J connectivity index is 3.51. The van der Waals surface area contributed by atoms with Gasteiger partial charge in [-0.1, -0.05) is 294 Å². The van der Waals surface area contributed by atoms with E-state index in [9.17, 15) is 15.0 Å². The van der Waals surface area contributed by atoms with Crippen molar-refractivity contribution in [3.8, 4) is 0 Å². The molecule has 0 spiro atoms. The molecule has 0 radical (unpaired) electrons. The van der Waals surface area contributed by atoms with E-state index in [1.807, 2.05) is 6.08 Å². The molecule has 0 saturated heterocycles. The molecule has 0 aromatic carbocycles. The summed E-state index contributed by atoms with van der Waals surface area (Å²) in [4.78, 5) is 12.5. The van der Waals surface area contributed by atoms with Crippen LogP contribution in [0, 0.1) is 0 Å². The number of rotatable bonds is 55. The van der Waals surface area contributed by atoms with Crippen molar-refractivity contribution in [2.24, 2.45) is 0 Å². The van der Waals surface area contributed by atoms with E-state index in [0.717, 1.165) is 38.5 Å². The maximum Gasteiger partial charge on any atom is 0.220 e. The molecule has 2 atom stereocenters. The zero-order chi connectivity index (χ0) is 47.7. The summed E-state index contributed by atoms with van der Waals surface area (Å²) in [6.45, 7) is 4.33. The molecule has 0 aromatic heterocycles. The summed E-state index contributed by atoms with van der Waals surface area (Å²) in [7, 11) is 0. The molecule has 0 aromatic rings. The van der Waals surface area contributed by atoms with Crippen molar-refractivity contribution >= 4 is 5.91 Å². The minimum Gasteiger partial charge on any atom is -0.394 e. The van der Waals surface area contributed by atoms with Gasteiger partial charge in [-0.05, 0) is 70.6 Å². The molecule has 4 heteroatoms. The number of carbonyl (C=O) groups excluding carboxylic acids is 1. The smallest absolute Gasteiger partial charge is 0.220 e. The number of hydrogen-bond acceptors (Lipinski definition) is 3. The van der Waals surface area contributed by atoms with Gasteiger partial charge in [-0.3, -0.25) is 4.79 Å². The van der Waals surface area contributed by atoms with Gasteiger partial charge in [0.05, 0.1) is 18.8 Å². The topological polar surface area (TPSA) is 69.6 Å². The number of amides is 1. The molecule has 0 rings (SSSR count). The van der Waals surface area contributed by atoms with Crippen molar-refractivity contribution in [2.45, 2.75) is 334 Å². The van der Waals surface area contributed by atoms with E-state index in [4.69, 9.17) is 0 Å². The average molecular weight is 925 g/mol. The quantitative estimate of drug-likeness (QED) is 0.0420. The predicted octanol–water partition coefficient (Wildman–Crippen LogP) is 19.8. The van der Waals surface area contributed by atoms with E-state index >= 15 is 0 Å². The number of allylic oxidation sites excluding steroid dienone is 7. The summed E-state index contributed by atoms with van der Waals surface area (Å²) in [6.07, 6.45) is 80.1. The number of carbonyl (C=O) groups is 1. The van der Waals surface area contributed by atoms with Crippen LogP contribution in [-0.2, 0) is 4.79 Å². The van der Waals surface area contributed by atoms with Gasteiger partial charge in [-0.15, -0.1) is 0 Å². The Labute approximate surface area is 414 Å². The van der Waals surface area contributed by atoms with Crippen LogP contribution in [-0.4, -0.2) is 34.9 Å². The Kier molecular flexibility index (Phi) is 56.2. The van der Waals surface area contributed by atoms with Crippen molar-refractivity contribution in [1.29, 1.82) is 0 Å². The summed E-state index contributed by atoms with van der Waals surface area (Å²) < 4.78 is 0. The minimum absolute atomic E-state index is 0.0737. The lowest BCUT2D eigenvalue weighted by Gasteiger charge is -2.19. The Morgan fingerprint density at radius 1 is 0.348 bits per heavy atom. The molecule has 0 heterocycles. The third kappa shape index (κ3) is 53.3. The first-order chi connectivity index (χ1) is 32.7. The van der Waals surface area contributed by atoms with Crippen LogP contribution in [0.5, 0.6) is 0 Å². The van der Waals surface area contributed by atoms with Gasteiger partial charge in [-0.25, -0.2) is 0 Å². The molecule has 3 N–H and O–H groups in total. The third-order valence-electron chi connectivity index (χ3n) is 13.8. The van der Waals surface area contributed by atoms with Gasteiger partial charge in [0.25, 0.3) is 0 Å². The normalized spacial score (nSPS) is 13.1. The first kappa shape index (κ1) is 64.3. The molecule has 388 valence electrons. The highest BCUT2D eigenvalue weighted by atomic mass is 16.3. The molecular weight excluding hydrogens is 807 g/mol. The summed E-state index contributed by atoms with van der Waals surface area (Å²) in [5.41, 5.74) is 0. The van der Waals surface area contributed by atoms with Crippen molar-refractivity contribution in [3.63, 3.8) is 0 Å². The fourth-order valence-electron chi connectivity index (χ4n) is 9.21.